The van der Waals surface area contributed by atoms with Crippen molar-refractivity contribution in [2.24, 2.45) is 17.1 Å². The summed E-state index contributed by atoms with van der Waals surface area (Å²) in [5.41, 5.74) is 2.44. The fourth-order valence-electron chi connectivity index (χ4n) is 5.43. The number of hydrogen-bond acceptors (Lipinski definition) is 5. The fourth-order valence-corrected chi connectivity index (χ4v) is 5.43. The molecule has 34 heavy (non-hydrogen) atoms. The van der Waals surface area contributed by atoms with Crippen molar-refractivity contribution < 1.29 is 26.7 Å². The molecule has 7 nitrogen and oxygen atoms in total. The number of aromatic amines is 1. The molecule has 1 aromatic rings. The van der Waals surface area contributed by atoms with Crippen LogP contribution in [0.25, 0.3) is 5.57 Å². The molecule has 3 N–H and O–H groups in total. The number of allylic oxidation sites excluding steroid dienone is 1. The zero-order chi connectivity index (χ0) is 24.9. The second-order valence-electron chi connectivity index (χ2n) is 9.57. The number of ether oxygens (including phenoxy) is 1. The van der Waals surface area contributed by atoms with Gasteiger partial charge in [0.2, 0.25) is 0 Å². The summed E-state index contributed by atoms with van der Waals surface area (Å²) < 4.78 is 77.1. The highest BCUT2D eigenvalue weighted by Gasteiger charge is 2.52. The van der Waals surface area contributed by atoms with Gasteiger partial charge in [-0.25, -0.2) is 18.0 Å². The van der Waals surface area contributed by atoms with Crippen LogP contribution in [0.15, 0.2) is 15.4 Å². The predicted molar refractivity (Wildman–Crippen MR) is 115 cm³/mol. The monoisotopic (exact) mass is 492 g/mol. The van der Waals surface area contributed by atoms with E-state index in [1.807, 2.05) is 0 Å². The number of aromatic nitrogens is 2. The minimum atomic E-state index is -3.29. The molecule has 0 bridgehead atoms. The van der Waals surface area contributed by atoms with Crippen LogP contribution in [0.2, 0.25) is 0 Å². The van der Waals surface area contributed by atoms with Gasteiger partial charge in [-0.2, -0.15) is 0 Å². The van der Waals surface area contributed by atoms with E-state index in [0.717, 1.165) is 12.8 Å². The van der Waals surface area contributed by atoms with Crippen molar-refractivity contribution >= 4 is 5.57 Å². The molecule has 4 rings (SSSR count). The Hall–Kier alpha value is -2.05. The molecule has 2 heterocycles. The Kier molecular flexibility index (Phi) is 6.78. The van der Waals surface area contributed by atoms with Gasteiger partial charge in [0.25, 0.3) is 12.0 Å². The second kappa shape index (κ2) is 9.19. The summed E-state index contributed by atoms with van der Waals surface area (Å²) in [6.45, 7) is -1.56. The molecule has 2 fully saturated rings. The number of H-pyrrole nitrogens is 1. The maximum atomic E-state index is 15.7. The van der Waals surface area contributed by atoms with Gasteiger partial charge in [0.05, 0.1) is 17.3 Å². The van der Waals surface area contributed by atoms with Crippen molar-refractivity contribution in [1.82, 2.24) is 14.5 Å². The topological polar surface area (TPSA) is 93.3 Å². The highest BCUT2D eigenvalue weighted by Crippen LogP contribution is 2.46. The first-order valence-corrected chi connectivity index (χ1v) is 11.3. The Balaban J connectivity index is 1.72. The predicted octanol–water partition coefficient (Wildman–Crippen LogP) is 2.48. The number of hydrogen-bond donors (Lipinski definition) is 2. The third-order valence-corrected chi connectivity index (χ3v) is 7.65. The Morgan fingerprint density at radius 3 is 2.38 bits per heavy atom. The van der Waals surface area contributed by atoms with E-state index in [2.05, 4.69) is 4.98 Å². The van der Waals surface area contributed by atoms with E-state index in [1.165, 1.54) is 18.6 Å². The van der Waals surface area contributed by atoms with Crippen LogP contribution in [0.5, 0.6) is 0 Å². The van der Waals surface area contributed by atoms with Crippen LogP contribution < -0.4 is 17.0 Å². The maximum Gasteiger partial charge on any atom is 0.328 e. The molecule has 0 radical (unpaired) electrons. The van der Waals surface area contributed by atoms with Gasteiger partial charge in [0.15, 0.2) is 0 Å². The summed E-state index contributed by atoms with van der Waals surface area (Å²) in [5.74, 6) is -1.35. The number of rotatable bonds is 8. The second-order valence-corrected chi connectivity index (χ2v) is 9.57. The highest BCUT2D eigenvalue weighted by atomic mass is 19.3. The quantitative estimate of drug-likeness (QED) is 0.544. The number of nitrogens with zero attached hydrogens (tertiary/aromatic N) is 2. The van der Waals surface area contributed by atoms with E-state index < -0.39 is 66.4 Å². The van der Waals surface area contributed by atoms with Crippen molar-refractivity contribution in [2.45, 2.75) is 56.8 Å². The summed E-state index contributed by atoms with van der Waals surface area (Å²) in [6, 6.07) is -2.66. The third-order valence-electron chi connectivity index (χ3n) is 7.65. The summed E-state index contributed by atoms with van der Waals surface area (Å²) >= 11 is 0. The molecule has 12 heteroatoms. The van der Waals surface area contributed by atoms with Gasteiger partial charge in [-0.3, -0.25) is 28.0 Å². The molecule has 4 unspecified atom stereocenters. The average molecular weight is 492 g/mol. The van der Waals surface area contributed by atoms with Crippen molar-refractivity contribution in [1.29, 1.82) is 0 Å². The molecule has 1 aromatic heterocycles. The Labute approximate surface area is 192 Å². The highest BCUT2D eigenvalue weighted by molar-refractivity contribution is 5.70. The van der Waals surface area contributed by atoms with Crippen molar-refractivity contribution in [3.63, 3.8) is 0 Å². The van der Waals surface area contributed by atoms with Gasteiger partial charge in [-0.15, -0.1) is 0 Å². The first-order valence-electron chi connectivity index (χ1n) is 11.3. The van der Waals surface area contributed by atoms with Crippen LogP contribution in [0.4, 0.5) is 22.0 Å². The SMILES string of the molecule is COC1c2c(c(=O)[nH]c(=O)n2C2CC2)C(C)=C(F)C1N1CCC(C(N)C(CF)(CF)C(F)F)C1. The number of methoxy groups -OCH3 is 1. The molecule has 190 valence electrons. The van der Waals surface area contributed by atoms with Gasteiger partial charge in [-0.05, 0) is 44.2 Å². The van der Waals surface area contributed by atoms with Crippen LogP contribution in [0, 0.1) is 11.3 Å². The fraction of sp³-hybridized carbons (Fsp3) is 0.727. The van der Waals surface area contributed by atoms with Crippen molar-refractivity contribution in [3.05, 3.63) is 37.9 Å². The molecule has 3 aliphatic rings. The molecule has 1 aliphatic heterocycles. The molecule has 1 saturated heterocycles. The summed E-state index contributed by atoms with van der Waals surface area (Å²) in [5, 5.41) is 0. The first-order chi connectivity index (χ1) is 16.1. The number of nitrogens with two attached hydrogens (primary N) is 1. The molecular weight excluding hydrogens is 463 g/mol. The van der Waals surface area contributed by atoms with Crippen LogP contribution >= 0.6 is 0 Å². The first kappa shape index (κ1) is 25.1. The molecule has 0 aromatic carbocycles. The zero-order valence-corrected chi connectivity index (χ0v) is 19.0. The summed E-state index contributed by atoms with van der Waals surface area (Å²) in [6.07, 6.45) is -2.63. The van der Waals surface area contributed by atoms with Crippen molar-refractivity contribution in [2.75, 3.05) is 33.5 Å². The molecular formula is C22H29F5N4O3. The molecule has 0 amide bonds. The van der Waals surface area contributed by atoms with Gasteiger partial charge in [-0.1, -0.05) is 0 Å². The number of alkyl halides is 4. The van der Waals surface area contributed by atoms with E-state index in [4.69, 9.17) is 10.5 Å². The van der Waals surface area contributed by atoms with E-state index in [9.17, 15) is 27.2 Å². The van der Waals surface area contributed by atoms with Crippen LogP contribution in [-0.4, -0.2) is 66.5 Å². The van der Waals surface area contributed by atoms with Gasteiger partial charge in [0, 0.05) is 25.7 Å². The van der Waals surface area contributed by atoms with Gasteiger partial charge >= 0.3 is 5.69 Å². The lowest BCUT2D eigenvalue weighted by atomic mass is 9.76. The Bertz CT molecular complexity index is 1080. The normalized spacial score (nSPS) is 26.9. The number of halogens is 5. The van der Waals surface area contributed by atoms with E-state index in [1.54, 1.807) is 4.90 Å². The molecule has 4 atom stereocenters. The van der Waals surface area contributed by atoms with E-state index >= 15 is 4.39 Å². The zero-order valence-electron chi connectivity index (χ0n) is 19.0. The van der Waals surface area contributed by atoms with E-state index in [0.29, 0.717) is 0 Å². The molecule has 2 aliphatic carbocycles. The minimum absolute atomic E-state index is 0.00699. The number of fused-ring (bicyclic) bond motifs is 1. The van der Waals surface area contributed by atoms with Gasteiger partial charge < -0.3 is 10.5 Å². The smallest absolute Gasteiger partial charge is 0.328 e. The largest absolute Gasteiger partial charge is 0.373 e. The van der Waals surface area contributed by atoms with E-state index in [-0.39, 0.29) is 42.4 Å². The lowest BCUT2D eigenvalue weighted by molar-refractivity contribution is -0.0656. The molecule has 0 spiro atoms. The van der Waals surface area contributed by atoms with Gasteiger partial charge in [0.1, 0.15) is 30.7 Å². The number of nitrogens with one attached hydrogen (secondary N) is 1. The maximum absolute atomic E-state index is 15.7. The average Bonchev–Trinajstić information content (AvgIpc) is 3.51. The van der Waals surface area contributed by atoms with Crippen molar-refractivity contribution in [3.8, 4) is 0 Å². The van der Waals surface area contributed by atoms with Crippen LogP contribution in [-0.2, 0) is 4.74 Å². The Morgan fingerprint density at radius 1 is 1.21 bits per heavy atom. The third kappa shape index (κ3) is 3.74. The standard InChI is InChI=1S/C22H29F5N4O3/c1-10-13-15(31(12-3-4-12)21(33)29-19(13)32)17(34-2)16(14(10)25)30-6-5-11(7-30)18(28)22(8-23,9-24)20(26)27/h11-12,16-18,20H,3-9,28H2,1-2H3,(H,29,32,33). The number of likely N-dealkylation sites (tertiary alicyclic amines) is 1. The minimum Gasteiger partial charge on any atom is -0.373 e. The Morgan fingerprint density at radius 2 is 1.85 bits per heavy atom. The lowest BCUT2D eigenvalue weighted by Crippen LogP contribution is -2.55. The van der Waals surface area contributed by atoms with Crippen LogP contribution in [0.3, 0.4) is 0 Å². The molecule has 1 saturated carbocycles. The summed E-state index contributed by atoms with van der Waals surface area (Å²) in [7, 11) is 1.34. The summed E-state index contributed by atoms with van der Waals surface area (Å²) in [4.78, 5) is 29.1. The lowest BCUT2D eigenvalue weighted by Gasteiger charge is -2.39. The van der Waals surface area contributed by atoms with Crippen LogP contribution in [0.1, 0.15) is 49.6 Å².